The van der Waals surface area contributed by atoms with Crippen molar-refractivity contribution in [2.24, 2.45) is 0 Å². The van der Waals surface area contributed by atoms with Crippen molar-refractivity contribution >= 4 is 23.2 Å². The lowest BCUT2D eigenvalue weighted by molar-refractivity contribution is -0.124. The molecule has 0 fully saturated rings. The van der Waals surface area contributed by atoms with Crippen LogP contribution in [0, 0.1) is 0 Å². The molecule has 25 heavy (non-hydrogen) atoms. The van der Waals surface area contributed by atoms with Crippen LogP contribution in [0.4, 0.5) is 0 Å². The lowest BCUT2D eigenvalue weighted by atomic mass is 9.96. The Bertz CT molecular complexity index is 769. The zero-order valence-electron chi connectivity index (χ0n) is 14.2. The van der Waals surface area contributed by atoms with E-state index in [0.29, 0.717) is 12.1 Å². The molecule has 0 bridgehead atoms. The molecule has 1 amide bonds. The van der Waals surface area contributed by atoms with E-state index in [-0.39, 0.29) is 12.5 Å². The Balaban J connectivity index is 1.48. The summed E-state index contributed by atoms with van der Waals surface area (Å²) < 4.78 is 10.3. The molecule has 0 saturated carbocycles. The molecule has 1 heterocycles. The van der Waals surface area contributed by atoms with Gasteiger partial charge in [-0.15, -0.1) is 11.3 Å². The number of benzene rings is 1. The number of esters is 1. The first kappa shape index (κ1) is 17.5. The summed E-state index contributed by atoms with van der Waals surface area (Å²) in [4.78, 5) is 25.4. The van der Waals surface area contributed by atoms with E-state index in [4.69, 9.17) is 9.47 Å². The van der Waals surface area contributed by atoms with Gasteiger partial charge in [-0.1, -0.05) is 12.1 Å². The van der Waals surface area contributed by atoms with Crippen molar-refractivity contribution in [1.29, 1.82) is 0 Å². The number of fused-ring (bicyclic) bond motifs is 1. The van der Waals surface area contributed by atoms with Crippen LogP contribution in [0.15, 0.2) is 29.6 Å². The maximum atomic E-state index is 12.2. The second-order valence-corrected chi connectivity index (χ2v) is 6.93. The molecule has 1 aliphatic rings. The van der Waals surface area contributed by atoms with E-state index in [0.717, 1.165) is 36.1 Å². The van der Waals surface area contributed by atoms with Gasteiger partial charge < -0.3 is 14.8 Å². The van der Waals surface area contributed by atoms with Crippen LogP contribution in [0.25, 0.3) is 0 Å². The zero-order valence-corrected chi connectivity index (χ0v) is 15.0. The minimum Gasteiger partial charge on any atom is -0.497 e. The van der Waals surface area contributed by atoms with Gasteiger partial charge in [-0.2, -0.15) is 0 Å². The minimum absolute atomic E-state index is 0.270. The molecule has 0 saturated heterocycles. The molecule has 132 valence electrons. The van der Waals surface area contributed by atoms with Crippen LogP contribution in [-0.2, 0) is 28.9 Å². The first-order chi connectivity index (χ1) is 12.2. The highest BCUT2D eigenvalue weighted by Crippen LogP contribution is 2.30. The molecule has 1 aromatic carbocycles. The summed E-state index contributed by atoms with van der Waals surface area (Å²) in [6.45, 7) is 0.0921. The third kappa shape index (κ3) is 4.39. The Labute approximate surface area is 151 Å². The van der Waals surface area contributed by atoms with Gasteiger partial charge in [0, 0.05) is 16.8 Å². The minimum atomic E-state index is -0.407. The Hall–Kier alpha value is -2.34. The summed E-state index contributed by atoms with van der Waals surface area (Å²) in [7, 11) is 1.60. The van der Waals surface area contributed by atoms with E-state index in [1.54, 1.807) is 18.4 Å². The highest BCUT2D eigenvalue weighted by atomic mass is 32.1. The summed E-state index contributed by atoms with van der Waals surface area (Å²) >= 11 is 1.61. The van der Waals surface area contributed by atoms with Gasteiger partial charge in [0.2, 0.25) is 0 Å². The predicted octanol–water partition coefficient (Wildman–Crippen LogP) is 3.11. The summed E-state index contributed by atoms with van der Waals surface area (Å²) in [6, 6.07) is 7.45. The van der Waals surface area contributed by atoms with Gasteiger partial charge in [0.15, 0.2) is 6.61 Å². The molecule has 5 nitrogen and oxygen atoms in total. The SMILES string of the molecule is COc1cccc(CNC(=O)COC(=O)c2csc3c2CCCC3)c1. The topological polar surface area (TPSA) is 64.6 Å². The number of aryl methyl sites for hydroxylation is 1. The molecule has 1 aromatic heterocycles. The summed E-state index contributed by atoms with van der Waals surface area (Å²) in [5.74, 6) is 0.0107. The van der Waals surface area contributed by atoms with E-state index in [1.165, 1.54) is 11.3 Å². The number of amides is 1. The molecule has 0 radical (unpaired) electrons. The van der Waals surface area contributed by atoms with Crippen molar-refractivity contribution < 1.29 is 19.1 Å². The number of rotatable bonds is 6. The van der Waals surface area contributed by atoms with Crippen LogP contribution in [0.3, 0.4) is 0 Å². The number of hydrogen-bond acceptors (Lipinski definition) is 5. The van der Waals surface area contributed by atoms with Crippen molar-refractivity contribution in [3.8, 4) is 5.75 Å². The van der Waals surface area contributed by atoms with Crippen molar-refractivity contribution in [3.63, 3.8) is 0 Å². The smallest absolute Gasteiger partial charge is 0.339 e. The molecule has 0 unspecified atom stereocenters. The highest BCUT2D eigenvalue weighted by molar-refractivity contribution is 7.10. The fraction of sp³-hybridized carbons (Fsp3) is 0.368. The van der Waals surface area contributed by atoms with E-state index >= 15 is 0 Å². The molecule has 3 rings (SSSR count). The largest absolute Gasteiger partial charge is 0.497 e. The fourth-order valence-corrected chi connectivity index (χ4v) is 4.02. The molecule has 1 N–H and O–H groups in total. The Morgan fingerprint density at radius 3 is 2.92 bits per heavy atom. The number of carbonyl (C=O) groups is 2. The van der Waals surface area contributed by atoms with Gasteiger partial charge >= 0.3 is 5.97 Å². The van der Waals surface area contributed by atoms with Crippen LogP contribution in [-0.4, -0.2) is 25.6 Å². The maximum absolute atomic E-state index is 12.2. The van der Waals surface area contributed by atoms with Gasteiger partial charge in [-0.25, -0.2) is 4.79 Å². The molecule has 2 aromatic rings. The summed E-state index contributed by atoms with van der Waals surface area (Å²) in [6.07, 6.45) is 4.24. The molecule has 0 aliphatic heterocycles. The first-order valence-electron chi connectivity index (χ1n) is 8.33. The average Bonchev–Trinajstić information content (AvgIpc) is 3.09. The number of hydrogen-bond donors (Lipinski definition) is 1. The van der Waals surface area contributed by atoms with E-state index in [2.05, 4.69) is 5.32 Å². The quantitative estimate of drug-likeness (QED) is 0.805. The van der Waals surface area contributed by atoms with E-state index in [9.17, 15) is 9.59 Å². The number of carbonyl (C=O) groups excluding carboxylic acids is 2. The summed E-state index contributed by atoms with van der Waals surface area (Å²) in [5.41, 5.74) is 2.66. The molecule has 1 aliphatic carbocycles. The lowest BCUT2D eigenvalue weighted by Crippen LogP contribution is -2.28. The zero-order chi connectivity index (χ0) is 17.6. The predicted molar refractivity (Wildman–Crippen MR) is 96.1 cm³/mol. The first-order valence-corrected chi connectivity index (χ1v) is 9.21. The van der Waals surface area contributed by atoms with Crippen LogP contribution in [0.2, 0.25) is 0 Å². The van der Waals surface area contributed by atoms with Crippen LogP contribution in [0.5, 0.6) is 5.75 Å². The van der Waals surface area contributed by atoms with Crippen LogP contribution in [0.1, 0.15) is 39.2 Å². The lowest BCUT2D eigenvalue weighted by Gasteiger charge is -2.12. The van der Waals surface area contributed by atoms with Crippen molar-refractivity contribution in [1.82, 2.24) is 5.32 Å². The monoisotopic (exact) mass is 359 g/mol. The van der Waals surface area contributed by atoms with Crippen LogP contribution < -0.4 is 10.1 Å². The Morgan fingerprint density at radius 2 is 2.08 bits per heavy atom. The van der Waals surface area contributed by atoms with Gasteiger partial charge in [0.05, 0.1) is 12.7 Å². The standard InChI is InChI=1S/C19H21NO4S/c1-23-14-6-4-5-13(9-14)10-20-18(21)11-24-19(22)16-12-25-17-8-3-2-7-15(16)17/h4-6,9,12H,2-3,7-8,10-11H2,1H3,(H,20,21). The number of nitrogens with one attached hydrogen (secondary N) is 1. The second-order valence-electron chi connectivity index (χ2n) is 5.96. The van der Waals surface area contributed by atoms with Crippen LogP contribution >= 0.6 is 11.3 Å². The van der Waals surface area contributed by atoms with Gasteiger partial charge in [0.1, 0.15) is 5.75 Å². The molecule has 0 spiro atoms. The fourth-order valence-electron chi connectivity index (χ4n) is 2.91. The normalized spacial score (nSPS) is 13.0. The summed E-state index contributed by atoms with van der Waals surface area (Å²) in [5, 5.41) is 4.60. The molecule has 0 atom stereocenters. The third-order valence-corrected chi connectivity index (χ3v) is 5.33. The number of thiophene rings is 1. The highest BCUT2D eigenvalue weighted by Gasteiger charge is 2.21. The number of ether oxygens (including phenoxy) is 2. The maximum Gasteiger partial charge on any atom is 0.339 e. The average molecular weight is 359 g/mol. The second kappa shape index (κ2) is 8.16. The molecule has 6 heteroatoms. The van der Waals surface area contributed by atoms with Crippen molar-refractivity contribution in [2.45, 2.75) is 32.2 Å². The van der Waals surface area contributed by atoms with Gasteiger partial charge in [-0.05, 0) is 48.9 Å². The third-order valence-electron chi connectivity index (χ3n) is 4.24. The Morgan fingerprint density at radius 1 is 1.24 bits per heavy atom. The van der Waals surface area contributed by atoms with Gasteiger partial charge in [-0.3, -0.25) is 4.79 Å². The molecular formula is C19H21NO4S. The Kier molecular flexibility index (Phi) is 5.71. The number of methoxy groups -OCH3 is 1. The molecular weight excluding hydrogens is 338 g/mol. The van der Waals surface area contributed by atoms with E-state index in [1.807, 2.05) is 29.6 Å². The van der Waals surface area contributed by atoms with Gasteiger partial charge in [0.25, 0.3) is 5.91 Å². The van der Waals surface area contributed by atoms with Crippen molar-refractivity contribution in [3.05, 3.63) is 51.2 Å². The van der Waals surface area contributed by atoms with Crippen molar-refractivity contribution in [2.75, 3.05) is 13.7 Å². The van der Waals surface area contributed by atoms with E-state index < -0.39 is 5.97 Å².